The standard InChI is InChI=1S/C21H28ClN3OS/c1-16(19-7-4-12-27-19)14-24-20(23-2)25-15-21(8-10-26-11-9-21)17-5-3-6-18(22)13-17/h3-7,12-13,16H,8-11,14-15H2,1-2H3,(H2,23,24,25). The molecule has 0 bridgehead atoms. The van der Waals surface area contributed by atoms with Gasteiger partial charge in [-0.2, -0.15) is 0 Å². The van der Waals surface area contributed by atoms with Crippen molar-refractivity contribution in [3.63, 3.8) is 0 Å². The summed E-state index contributed by atoms with van der Waals surface area (Å²) in [6, 6.07) is 12.5. The average molecular weight is 406 g/mol. The van der Waals surface area contributed by atoms with Crippen LogP contribution in [0.2, 0.25) is 5.02 Å². The van der Waals surface area contributed by atoms with Gasteiger partial charge in [-0.1, -0.05) is 36.7 Å². The zero-order valence-corrected chi connectivity index (χ0v) is 17.6. The largest absolute Gasteiger partial charge is 0.381 e. The minimum absolute atomic E-state index is 0.0140. The minimum Gasteiger partial charge on any atom is -0.381 e. The van der Waals surface area contributed by atoms with E-state index in [1.54, 1.807) is 11.3 Å². The highest BCUT2D eigenvalue weighted by molar-refractivity contribution is 7.10. The number of nitrogens with zero attached hydrogens (tertiary/aromatic N) is 1. The fraction of sp³-hybridized carbons (Fsp3) is 0.476. The molecular formula is C21H28ClN3OS. The van der Waals surface area contributed by atoms with E-state index in [0.717, 1.165) is 50.1 Å². The van der Waals surface area contributed by atoms with Crippen LogP contribution in [0.15, 0.2) is 46.8 Å². The van der Waals surface area contributed by atoms with Gasteiger partial charge >= 0.3 is 0 Å². The van der Waals surface area contributed by atoms with E-state index < -0.39 is 0 Å². The summed E-state index contributed by atoms with van der Waals surface area (Å²) < 4.78 is 5.62. The third-order valence-electron chi connectivity index (χ3n) is 5.31. The number of rotatable bonds is 6. The number of hydrogen-bond donors (Lipinski definition) is 2. The number of benzene rings is 1. The van der Waals surface area contributed by atoms with Gasteiger partial charge in [-0.05, 0) is 42.0 Å². The molecular weight excluding hydrogens is 378 g/mol. The summed E-state index contributed by atoms with van der Waals surface area (Å²) in [5, 5.41) is 9.91. The monoisotopic (exact) mass is 405 g/mol. The molecule has 1 fully saturated rings. The molecule has 1 saturated heterocycles. The Kier molecular flexibility index (Phi) is 7.16. The minimum atomic E-state index is 0.0140. The molecule has 27 heavy (non-hydrogen) atoms. The van der Waals surface area contributed by atoms with Crippen molar-refractivity contribution in [3.05, 3.63) is 57.2 Å². The van der Waals surface area contributed by atoms with Crippen molar-refractivity contribution < 1.29 is 4.74 Å². The summed E-state index contributed by atoms with van der Waals surface area (Å²) in [6.07, 6.45) is 1.95. The molecule has 2 aromatic rings. The molecule has 1 aromatic carbocycles. The molecule has 6 heteroatoms. The molecule has 1 unspecified atom stereocenters. The molecule has 1 aromatic heterocycles. The van der Waals surface area contributed by atoms with Gasteiger partial charge in [-0.25, -0.2) is 0 Å². The molecule has 0 spiro atoms. The van der Waals surface area contributed by atoms with Crippen LogP contribution in [0.4, 0.5) is 0 Å². The van der Waals surface area contributed by atoms with Gasteiger partial charge in [0.15, 0.2) is 5.96 Å². The second kappa shape index (κ2) is 9.58. The van der Waals surface area contributed by atoms with Gasteiger partial charge in [0.25, 0.3) is 0 Å². The summed E-state index contributed by atoms with van der Waals surface area (Å²) in [5.74, 6) is 1.29. The highest BCUT2D eigenvalue weighted by atomic mass is 35.5. The van der Waals surface area contributed by atoms with E-state index in [4.69, 9.17) is 16.3 Å². The van der Waals surface area contributed by atoms with Crippen molar-refractivity contribution in [3.8, 4) is 0 Å². The van der Waals surface area contributed by atoms with Crippen LogP contribution in [0.3, 0.4) is 0 Å². The summed E-state index contributed by atoms with van der Waals surface area (Å²) >= 11 is 8.06. The van der Waals surface area contributed by atoms with E-state index >= 15 is 0 Å². The number of thiophene rings is 1. The highest BCUT2D eigenvalue weighted by Crippen LogP contribution is 2.35. The van der Waals surface area contributed by atoms with E-state index in [9.17, 15) is 0 Å². The quantitative estimate of drug-likeness (QED) is 0.552. The van der Waals surface area contributed by atoms with Crippen LogP contribution in [0.5, 0.6) is 0 Å². The van der Waals surface area contributed by atoms with Crippen LogP contribution in [0.1, 0.15) is 36.1 Å². The molecule has 0 radical (unpaired) electrons. The Bertz CT molecular complexity index is 742. The van der Waals surface area contributed by atoms with Crippen molar-refractivity contribution in [1.29, 1.82) is 0 Å². The molecule has 0 amide bonds. The number of guanidine groups is 1. The SMILES string of the molecule is CN=C(NCC(C)c1cccs1)NCC1(c2cccc(Cl)c2)CCOCC1. The second-order valence-electron chi connectivity index (χ2n) is 7.13. The lowest BCUT2D eigenvalue weighted by atomic mass is 9.74. The molecule has 0 saturated carbocycles. The van der Waals surface area contributed by atoms with E-state index in [1.165, 1.54) is 10.4 Å². The van der Waals surface area contributed by atoms with Crippen LogP contribution < -0.4 is 10.6 Å². The Morgan fingerprint density at radius 3 is 2.74 bits per heavy atom. The number of halogens is 1. The molecule has 0 aliphatic carbocycles. The number of ether oxygens (including phenoxy) is 1. The molecule has 4 nitrogen and oxygen atoms in total. The molecule has 146 valence electrons. The second-order valence-corrected chi connectivity index (χ2v) is 8.54. The Morgan fingerprint density at radius 1 is 1.26 bits per heavy atom. The fourth-order valence-electron chi connectivity index (χ4n) is 3.54. The smallest absolute Gasteiger partial charge is 0.191 e. The topological polar surface area (TPSA) is 45.7 Å². The van der Waals surface area contributed by atoms with Crippen LogP contribution in [0, 0.1) is 0 Å². The summed E-state index contributed by atoms with van der Waals surface area (Å²) in [6.45, 7) is 5.44. The Morgan fingerprint density at radius 2 is 2.07 bits per heavy atom. The zero-order valence-electron chi connectivity index (χ0n) is 16.0. The number of hydrogen-bond acceptors (Lipinski definition) is 3. The zero-order chi connectivity index (χ0) is 19.1. The van der Waals surface area contributed by atoms with Gasteiger partial charge in [-0.15, -0.1) is 11.3 Å². The first-order valence-corrected chi connectivity index (χ1v) is 10.7. The summed E-state index contributed by atoms with van der Waals surface area (Å²) in [5.41, 5.74) is 1.29. The third-order valence-corrected chi connectivity index (χ3v) is 6.65. The Balaban J connectivity index is 1.63. The predicted octanol–water partition coefficient (Wildman–Crippen LogP) is 4.42. The normalized spacial score (nSPS) is 18.1. The van der Waals surface area contributed by atoms with Crippen LogP contribution >= 0.6 is 22.9 Å². The first-order chi connectivity index (χ1) is 13.1. The van der Waals surface area contributed by atoms with E-state index in [2.05, 4.69) is 52.2 Å². The van der Waals surface area contributed by atoms with E-state index in [0.29, 0.717) is 5.92 Å². The van der Waals surface area contributed by atoms with Gasteiger partial charge in [0.1, 0.15) is 0 Å². The molecule has 2 N–H and O–H groups in total. The van der Waals surface area contributed by atoms with Crippen molar-refractivity contribution in [2.75, 3.05) is 33.4 Å². The van der Waals surface area contributed by atoms with Crippen molar-refractivity contribution in [1.82, 2.24) is 10.6 Å². The fourth-order valence-corrected chi connectivity index (χ4v) is 4.52. The lowest BCUT2D eigenvalue weighted by Crippen LogP contribution is -2.48. The van der Waals surface area contributed by atoms with Gasteiger partial charge in [0, 0.05) is 54.6 Å². The maximum Gasteiger partial charge on any atom is 0.191 e. The van der Waals surface area contributed by atoms with E-state index in [-0.39, 0.29) is 5.41 Å². The first kappa shape index (κ1) is 20.2. The van der Waals surface area contributed by atoms with Gasteiger partial charge in [0.2, 0.25) is 0 Å². The summed E-state index contributed by atoms with van der Waals surface area (Å²) in [4.78, 5) is 5.80. The first-order valence-electron chi connectivity index (χ1n) is 9.45. The third kappa shape index (κ3) is 5.24. The van der Waals surface area contributed by atoms with Gasteiger partial charge in [-0.3, -0.25) is 4.99 Å². The molecule has 1 aliphatic heterocycles. The van der Waals surface area contributed by atoms with E-state index in [1.807, 2.05) is 19.2 Å². The van der Waals surface area contributed by atoms with Gasteiger partial charge < -0.3 is 15.4 Å². The predicted molar refractivity (Wildman–Crippen MR) is 115 cm³/mol. The molecule has 1 atom stereocenters. The highest BCUT2D eigenvalue weighted by Gasteiger charge is 2.34. The summed E-state index contributed by atoms with van der Waals surface area (Å²) in [7, 11) is 1.82. The van der Waals surface area contributed by atoms with Crippen LogP contribution in [-0.4, -0.2) is 39.3 Å². The maximum atomic E-state index is 6.26. The lowest BCUT2D eigenvalue weighted by molar-refractivity contribution is 0.0514. The van der Waals surface area contributed by atoms with Crippen molar-refractivity contribution >= 4 is 28.9 Å². The average Bonchev–Trinajstić information content (AvgIpc) is 3.23. The Labute approximate surface area is 171 Å². The maximum absolute atomic E-state index is 6.26. The number of nitrogens with one attached hydrogen (secondary N) is 2. The number of aliphatic imine (C=N–C) groups is 1. The lowest BCUT2D eigenvalue weighted by Gasteiger charge is -2.38. The van der Waals surface area contributed by atoms with Crippen molar-refractivity contribution in [2.45, 2.75) is 31.1 Å². The van der Waals surface area contributed by atoms with Crippen molar-refractivity contribution in [2.24, 2.45) is 4.99 Å². The van der Waals surface area contributed by atoms with Crippen LogP contribution in [-0.2, 0) is 10.2 Å². The molecule has 2 heterocycles. The molecule has 3 rings (SSSR count). The molecule has 1 aliphatic rings. The Hall–Kier alpha value is -1.56. The van der Waals surface area contributed by atoms with Crippen LogP contribution in [0.25, 0.3) is 0 Å². The van der Waals surface area contributed by atoms with Gasteiger partial charge in [0.05, 0.1) is 0 Å².